The molecule has 0 spiro atoms. The fourth-order valence-corrected chi connectivity index (χ4v) is 2.56. The lowest BCUT2D eigenvalue weighted by Gasteiger charge is -2.35. The van der Waals surface area contributed by atoms with Gasteiger partial charge < -0.3 is 16.0 Å². The Morgan fingerprint density at radius 2 is 1.76 bits per heavy atom. The second kappa shape index (κ2) is 8.34. The SMILES string of the molecule is CNC(=O)CN1CCN(C(=O)CCC(C)(C)CCN)CC1. The number of hydrogen-bond acceptors (Lipinski definition) is 4. The van der Waals surface area contributed by atoms with Crippen LogP contribution in [0.25, 0.3) is 0 Å². The lowest BCUT2D eigenvalue weighted by Crippen LogP contribution is -2.51. The van der Waals surface area contributed by atoms with Crippen LogP contribution in [0.3, 0.4) is 0 Å². The van der Waals surface area contributed by atoms with Crippen LogP contribution in [0.5, 0.6) is 0 Å². The largest absolute Gasteiger partial charge is 0.358 e. The molecule has 3 N–H and O–H groups in total. The fourth-order valence-electron chi connectivity index (χ4n) is 2.56. The molecule has 0 unspecified atom stereocenters. The van der Waals surface area contributed by atoms with Gasteiger partial charge in [0.1, 0.15) is 0 Å². The summed E-state index contributed by atoms with van der Waals surface area (Å²) in [6.45, 7) is 8.38. The number of nitrogens with one attached hydrogen (secondary N) is 1. The first kappa shape index (κ1) is 17.9. The van der Waals surface area contributed by atoms with E-state index in [2.05, 4.69) is 24.1 Å². The molecule has 0 aromatic rings. The third-order valence-corrected chi connectivity index (χ3v) is 4.21. The maximum absolute atomic E-state index is 12.2. The molecule has 0 atom stereocenters. The van der Waals surface area contributed by atoms with Gasteiger partial charge in [-0.15, -0.1) is 0 Å². The molecule has 0 radical (unpaired) electrons. The minimum absolute atomic E-state index is 0.0262. The third kappa shape index (κ3) is 6.44. The van der Waals surface area contributed by atoms with Crippen molar-refractivity contribution >= 4 is 11.8 Å². The first-order valence-electron chi connectivity index (χ1n) is 7.79. The van der Waals surface area contributed by atoms with Gasteiger partial charge in [0.05, 0.1) is 6.54 Å². The van der Waals surface area contributed by atoms with E-state index >= 15 is 0 Å². The Bertz CT molecular complexity index is 350. The summed E-state index contributed by atoms with van der Waals surface area (Å²) >= 11 is 0. The Balaban J connectivity index is 2.30. The van der Waals surface area contributed by atoms with Gasteiger partial charge in [-0.25, -0.2) is 0 Å². The molecular weight excluding hydrogens is 268 g/mol. The van der Waals surface area contributed by atoms with Crippen molar-refractivity contribution in [1.82, 2.24) is 15.1 Å². The number of carbonyl (C=O) groups is 2. The van der Waals surface area contributed by atoms with Crippen molar-refractivity contribution < 1.29 is 9.59 Å². The van der Waals surface area contributed by atoms with Gasteiger partial charge in [-0.05, 0) is 24.8 Å². The number of likely N-dealkylation sites (N-methyl/N-ethyl adjacent to an activating group) is 1. The normalized spacial score (nSPS) is 16.9. The fraction of sp³-hybridized carbons (Fsp3) is 0.867. The summed E-state index contributed by atoms with van der Waals surface area (Å²) in [7, 11) is 1.64. The molecule has 6 nitrogen and oxygen atoms in total. The predicted octanol–water partition coefficient (Wildman–Crippen LogP) is 0.0318. The highest BCUT2D eigenvalue weighted by Gasteiger charge is 2.24. The molecule has 0 aliphatic carbocycles. The number of carbonyl (C=O) groups excluding carboxylic acids is 2. The van der Waals surface area contributed by atoms with Crippen LogP contribution >= 0.6 is 0 Å². The molecule has 1 aliphatic rings. The average molecular weight is 298 g/mol. The topological polar surface area (TPSA) is 78.7 Å². The van der Waals surface area contributed by atoms with Crippen LogP contribution in [-0.4, -0.2) is 67.9 Å². The van der Waals surface area contributed by atoms with E-state index in [0.717, 1.165) is 25.9 Å². The van der Waals surface area contributed by atoms with Gasteiger partial charge >= 0.3 is 0 Å². The van der Waals surface area contributed by atoms with E-state index in [-0.39, 0.29) is 17.2 Å². The molecule has 0 aromatic carbocycles. The molecule has 0 bridgehead atoms. The second-order valence-corrected chi connectivity index (χ2v) is 6.53. The van der Waals surface area contributed by atoms with Crippen LogP contribution in [0.1, 0.15) is 33.1 Å². The Morgan fingerprint density at radius 3 is 2.29 bits per heavy atom. The zero-order valence-corrected chi connectivity index (χ0v) is 13.7. The summed E-state index contributed by atoms with van der Waals surface area (Å²) in [5.74, 6) is 0.248. The number of nitrogens with two attached hydrogens (primary N) is 1. The third-order valence-electron chi connectivity index (χ3n) is 4.21. The summed E-state index contributed by atoms with van der Waals surface area (Å²) in [5.41, 5.74) is 5.73. The number of amides is 2. The monoisotopic (exact) mass is 298 g/mol. The molecule has 1 heterocycles. The Hall–Kier alpha value is -1.14. The molecule has 1 fully saturated rings. The van der Waals surface area contributed by atoms with E-state index < -0.39 is 0 Å². The molecule has 21 heavy (non-hydrogen) atoms. The maximum atomic E-state index is 12.2. The number of nitrogens with zero attached hydrogens (tertiary/aromatic N) is 2. The molecule has 122 valence electrons. The summed E-state index contributed by atoms with van der Waals surface area (Å²) in [6.07, 6.45) is 2.41. The van der Waals surface area contributed by atoms with Crippen LogP contribution in [0.2, 0.25) is 0 Å². The first-order chi connectivity index (χ1) is 9.88. The molecule has 0 saturated carbocycles. The zero-order valence-electron chi connectivity index (χ0n) is 13.7. The highest BCUT2D eigenvalue weighted by atomic mass is 16.2. The van der Waals surface area contributed by atoms with Gasteiger partial charge in [0.25, 0.3) is 0 Å². The van der Waals surface area contributed by atoms with E-state index in [0.29, 0.717) is 32.6 Å². The summed E-state index contributed by atoms with van der Waals surface area (Å²) < 4.78 is 0. The van der Waals surface area contributed by atoms with Crippen molar-refractivity contribution in [2.75, 3.05) is 46.3 Å². The van der Waals surface area contributed by atoms with Gasteiger partial charge in [-0.1, -0.05) is 13.8 Å². The average Bonchev–Trinajstić information content (AvgIpc) is 2.45. The smallest absolute Gasteiger partial charge is 0.233 e. The quantitative estimate of drug-likeness (QED) is 0.695. The molecule has 2 amide bonds. The summed E-state index contributed by atoms with van der Waals surface area (Å²) in [6, 6.07) is 0. The van der Waals surface area contributed by atoms with Crippen LogP contribution < -0.4 is 11.1 Å². The Kier molecular flexibility index (Phi) is 7.11. The van der Waals surface area contributed by atoms with Crippen molar-refractivity contribution in [2.45, 2.75) is 33.1 Å². The van der Waals surface area contributed by atoms with Crippen LogP contribution in [0, 0.1) is 5.41 Å². The van der Waals surface area contributed by atoms with Crippen molar-refractivity contribution in [3.8, 4) is 0 Å². The summed E-state index contributed by atoms with van der Waals surface area (Å²) in [4.78, 5) is 27.6. The van der Waals surface area contributed by atoms with Gasteiger partial charge in [-0.2, -0.15) is 0 Å². The van der Waals surface area contributed by atoms with E-state index in [1.807, 2.05) is 4.90 Å². The highest BCUT2D eigenvalue weighted by Crippen LogP contribution is 2.26. The number of hydrogen-bond donors (Lipinski definition) is 2. The minimum Gasteiger partial charge on any atom is -0.358 e. The van der Waals surface area contributed by atoms with Crippen LogP contribution in [0.4, 0.5) is 0 Å². The van der Waals surface area contributed by atoms with Gasteiger partial charge in [0.15, 0.2) is 0 Å². The molecule has 1 aliphatic heterocycles. The Labute approximate surface area is 128 Å². The lowest BCUT2D eigenvalue weighted by molar-refractivity contribution is -0.133. The van der Waals surface area contributed by atoms with E-state index in [9.17, 15) is 9.59 Å². The van der Waals surface area contributed by atoms with Crippen molar-refractivity contribution in [2.24, 2.45) is 11.1 Å². The maximum Gasteiger partial charge on any atom is 0.233 e. The van der Waals surface area contributed by atoms with Crippen LogP contribution in [-0.2, 0) is 9.59 Å². The van der Waals surface area contributed by atoms with E-state index in [1.54, 1.807) is 7.05 Å². The van der Waals surface area contributed by atoms with Gasteiger partial charge in [0.2, 0.25) is 11.8 Å². The highest BCUT2D eigenvalue weighted by molar-refractivity contribution is 5.78. The zero-order chi connectivity index (χ0) is 15.9. The van der Waals surface area contributed by atoms with Crippen molar-refractivity contribution in [3.05, 3.63) is 0 Å². The minimum atomic E-state index is 0.0262. The molecule has 1 saturated heterocycles. The predicted molar refractivity (Wildman–Crippen MR) is 83.8 cm³/mol. The molecule has 0 aromatic heterocycles. The summed E-state index contributed by atoms with van der Waals surface area (Å²) in [5, 5.41) is 2.62. The Morgan fingerprint density at radius 1 is 1.14 bits per heavy atom. The van der Waals surface area contributed by atoms with E-state index in [4.69, 9.17) is 5.73 Å². The molecule has 6 heteroatoms. The second-order valence-electron chi connectivity index (χ2n) is 6.53. The molecule has 1 rings (SSSR count). The van der Waals surface area contributed by atoms with Gasteiger partial charge in [-0.3, -0.25) is 14.5 Å². The molecular formula is C15H30N4O2. The van der Waals surface area contributed by atoms with Crippen molar-refractivity contribution in [3.63, 3.8) is 0 Å². The standard InChI is InChI=1S/C15H30N4O2/c1-15(2,6-7-16)5-4-14(21)19-10-8-18(9-11-19)12-13(20)17-3/h4-12,16H2,1-3H3,(H,17,20). The lowest BCUT2D eigenvalue weighted by atomic mass is 9.84. The number of piperazine rings is 1. The van der Waals surface area contributed by atoms with E-state index in [1.165, 1.54) is 0 Å². The first-order valence-corrected chi connectivity index (χ1v) is 7.79. The van der Waals surface area contributed by atoms with Crippen molar-refractivity contribution in [1.29, 1.82) is 0 Å². The van der Waals surface area contributed by atoms with Gasteiger partial charge in [0, 0.05) is 39.6 Å². The van der Waals surface area contributed by atoms with Crippen LogP contribution in [0.15, 0.2) is 0 Å². The number of rotatable bonds is 7.